The Hall–Kier alpha value is -1.85. The first-order chi connectivity index (χ1) is 9.13. The van der Waals surface area contributed by atoms with E-state index in [1.807, 2.05) is 0 Å². The van der Waals surface area contributed by atoms with Crippen LogP contribution in [0.25, 0.3) is 11.2 Å². The summed E-state index contributed by atoms with van der Waals surface area (Å²) in [6.07, 6.45) is -1.42. The van der Waals surface area contributed by atoms with Gasteiger partial charge in [0.2, 0.25) is 0 Å². The maximum Gasteiger partial charge on any atom is 0.167 e. The number of fused-ring (bicyclic) bond motifs is 1. The van der Waals surface area contributed by atoms with Crippen LogP contribution in [-0.2, 0) is 4.74 Å². The second-order valence-corrected chi connectivity index (χ2v) is 4.31. The predicted molar refractivity (Wildman–Crippen MR) is 66.4 cm³/mol. The Labute approximate surface area is 112 Å². The van der Waals surface area contributed by atoms with Crippen LogP contribution in [0.5, 0.6) is 0 Å². The van der Waals surface area contributed by atoms with Crippen molar-refractivity contribution in [2.75, 3.05) is 12.3 Å². The molecule has 4 atom stereocenters. The molecule has 1 saturated heterocycles. The maximum absolute atomic E-state index is 9.95. The summed E-state index contributed by atoms with van der Waals surface area (Å²) in [5, 5.41) is 28.7. The molecule has 10 heteroatoms. The third-order valence-electron chi connectivity index (χ3n) is 3.18. The van der Waals surface area contributed by atoms with Crippen molar-refractivity contribution in [1.82, 2.24) is 19.5 Å². The number of nitrogens with zero attached hydrogens (tertiary/aromatic N) is 4. The largest absolute Gasteiger partial charge is 0.412 e. The average Bonchev–Trinajstić information content (AvgIpc) is 2.94. The first-order valence-electron chi connectivity index (χ1n) is 5.69. The van der Waals surface area contributed by atoms with Gasteiger partial charge in [-0.2, -0.15) is 0 Å². The van der Waals surface area contributed by atoms with Gasteiger partial charge in [-0.25, -0.2) is 15.0 Å². The molecule has 3 heterocycles. The van der Waals surface area contributed by atoms with Crippen molar-refractivity contribution in [2.24, 2.45) is 0 Å². The lowest BCUT2D eigenvalue weighted by atomic mass is 10.1. The second-order valence-electron chi connectivity index (χ2n) is 4.31. The van der Waals surface area contributed by atoms with E-state index in [0.29, 0.717) is 11.2 Å². The van der Waals surface area contributed by atoms with Crippen LogP contribution in [0.4, 0.5) is 5.82 Å². The van der Waals surface area contributed by atoms with Crippen molar-refractivity contribution < 1.29 is 25.5 Å². The van der Waals surface area contributed by atoms with E-state index in [4.69, 9.17) is 15.6 Å². The van der Waals surface area contributed by atoms with Crippen molar-refractivity contribution in [3.05, 3.63) is 12.7 Å². The van der Waals surface area contributed by atoms with E-state index in [1.54, 1.807) is 0 Å². The molecule has 0 aliphatic carbocycles. The standard InChI is InChI=1S/C10H13N5O4.H2O/c11-8-5-9(13-2-12-8)15(3-14-5)10-7(18)6(17)4(1-16)19-10;/h2-4,6-7,10,16-18H,1H2,(H2,11,12,13);1H2/t4-,6-,7+,10+;/m1./s1. The molecule has 7 N–H and O–H groups in total. The van der Waals surface area contributed by atoms with E-state index >= 15 is 0 Å². The molecule has 0 spiro atoms. The Balaban J connectivity index is 0.00000147. The lowest BCUT2D eigenvalue weighted by Gasteiger charge is -2.16. The number of nitrogens with two attached hydrogens (primary N) is 1. The normalized spacial score (nSPS) is 29.6. The average molecular weight is 285 g/mol. The number of imidazole rings is 1. The molecule has 110 valence electrons. The van der Waals surface area contributed by atoms with Crippen LogP contribution < -0.4 is 5.73 Å². The monoisotopic (exact) mass is 285 g/mol. The van der Waals surface area contributed by atoms with Gasteiger partial charge in [0.15, 0.2) is 17.7 Å². The second kappa shape index (κ2) is 5.26. The molecule has 2 aromatic heterocycles. The first kappa shape index (κ1) is 14.6. The quantitative estimate of drug-likeness (QED) is 0.458. The highest BCUT2D eigenvalue weighted by Gasteiger charge is 2.43. The van der Waals surface area contributed by atoms with Gasteiger partial charge in [-0.15, -0.1) is 0 Å². The number of hydrogen-bond donors (Lipinski definition) is 4. The van der Waals surface area contributed by atoms with Gasteiger partial charge in [0.1, 0.15) is 30.2 Å². The molecule has 1 fully saturated rings. The molecule has 0 bridgehead atoms. The number of aliphatic hydroxyl groups is 3. The number of aliphatic hydroxyl groups excluding tert-OH is 3. The number of nitrogen functional groups attached to an aromatic ring is 1. The van der Waals surface area contributed by atoms with Crippen LogP contribution in [0.3, 0.4) is 0 Å². The molecule has 1 aliphatic heterocycles. The van der Waals surface area contributed by atoms with Crippen LogP contribution >= 0.6 is 0 Å². The van der Waals surface area contributed by atoms with Crippen molar-refractivity contribution in [3.63, 3.8) is 0 Å². The smallest absolute Gasteiger partial charge is 0.167 e. The van der Waals surface area contributed by atoms with Gasteiger partial charge >= 0.3 is 0 Å². The molecular weight excluding hydrogens is 270 g/mol. The van der Waals surface area contributed by atoms with Crippen molar-refractivity contribution in [2.45, 2.75) is 24.5 Å². The summed E-state index contributed by atoms with van der Waals surface area (Å²) in [5.74, 6) is 0.218. The highest BCUT2D eigenvalue weighted by atomic mass is 16.6. The van der Waals surface area contributed by atoms with Gasteiger partial charge in [-0.1, -0.05) is 0 Å². The lowest BCUT2D eigenvalue weighted by Crippen LogP contribution is -2.33. The molecule has 1 aliphatic rings. The zero-order valence-electron chi connectivity index (χ0n) is 10.3. The van der Waals surface area contributed by atoms with E-state index < -0.39 is 31.1 Å². The minimum Gasteiger partial charge on any atom is -0.412 e. The number of aromatic nitrogens is 4. The fourth-order valence-electron chi connectivity index (χ4n) is 2.17. The summed E-state index contributed by atoms with van der Waals surface area (Å²) in [7, 11) is 0. The molecule has 2 aromatic rings. The SMILES string of the molecule is Nc1ncnc2c1ncn2[C@H]1O[C@H](CO)[C@@H](O)[C@@H]1O.O. The van der Waals surface area contributed by atoms with Crippen LogP contribution in [-0.4, -0.2) is 65.2 Å². The van der Waals surface area contributed by atoms with E-state index in [0.717, 1.165) is 0 Å². The Morgan fingerprint density at radius 3 is 2.65 bits per heavy atom. The number of hydrogen-bond acceptors (Lipinski definition) is 8. The van der Waals surface area contributed by atoms with Gasteiger partial charge in [-0.3, -0.25) is 4.57 Å². The van der Waals surface area contributed by atoms with Crippen LogP contribution in [0.1, 0.15) is 6.23 Å². The summed E-state index contributed by atoms with van der Waals surface area (Å²) < 4.78 is 6.85. The van der Waals surface area contributed by atoms with Crippen molar-refractivity contribution in [1.29, 1.82) is 0 Å². The Morgan fingerprint density at radius 2 is 2.00 bits per heavy atom. The Bertz CT molecular complexity index is 605. The summed E-state index contributed by atoms with van der Waals surface area (Å²) in [6, 6.07) is 0. The van der Waals surface area contributed by atoms with Gasteiger partial charge < -0.3 is 31.3 Å². The lowest BCUT2D eigenvalue weighted by molar-refractivity contribution is -0.0511. The van der Waals surface area contributed by atoms with Gasteiger partial charge in [0.05, 0.1) is 12.9 Å². The third kappa shape index (κ3) is 1.99. The van der Waals surface area contributed by atoms with Gasteiger partial charge in [-0.05, 0) is 0 Å². The minimum absolute atomic E-state index is 0. The van der Waals surface area contributed by atoms with Crippen LogP contribution in [0.15, 0.2) is 12.7 Å². The summed E-state index contributed by atoms with van der Waals surface area (Å²) >= 11 is 0. The molecule has 0 unspecified atom stereocenters. The highest BCUT2D eigenvalue weighted by Crippen LogP contribution is 2.31. The highest BCUT2D eigenvalue weighted by molar-refractivity contribution is 5.81. The molecule has 0 saturated carbocycles. The van der Waals surface area contributed by atoms with E-state index in [-0.39, 0.29) is 11.3 Å². The summed E-state index contributed by atoms with van der Waals surface area (Å²) in [5.41, 5.74) is 6.44. The van der Waals surface area contributed by atoms with Crippen LogP contribution in [0, 0.1) is 0 Å². The van der Waals surface area contributed by atoms with Gasteiger partial charge in [0.25, 0.3) is 0 Å². The predicted octanol–water partition coefficient (Wildman–Crippen LogP) is -2.80. The molecule has 3 rings (SSSR count). The fourth-order valence-corrected chi connectivity index (χ4v) is 2.17. The molecular formula is C10H15N5O5. The minimum atomic E-state index is -1.19. The number of anilines is 1. The van der Waals surface area contributed by atoms with E-state index in [1.165, 1.54) is 17.2 Å². The Morgan fingerprint density at radius 1 is 1.25 bits per heavy atom. The van der Waals surface area contributed by atoms with Crippen molar-refractivity contribution in [3.8, 4) is 0 Å². The number of rotatable bonds is 2. The van der Waals surface area contributed by atoms with Crippen molar-refractivity contribution >= 4 is 17.0 Å². The zero-order chi connectivity index (χ0) is 13.6. The Kier molecular flexibility index (Phi) is 3.83. The van der Waals surface area contributed by atoms with E-state index in [2.05, 4.69) is 15.0 Å². The summed E-state index contributed by atoms with van der Waals surface area (Å²) in [4.78, 5) is 11.9. The molecule has 20 heavy (non-hydrogen) atoms. The number of ether oxygens (including phenoxy) is 1. The van der Waals surface area contributed by atoms with E-state index in [9.17, 15) is 10.2 Å². The van der Waals surface area contributed by atoms with Gasteiger partial charge in [0, 0.05) is 0 Å². The molecule has 0 radical (unpaired) electrons. The topological polar surface area (TPSA) is 171 Å². The molecule has 10 nitrogen and oxygen atoms in total. The summed E-state index contributed by atoms with van der Waals surface area (Å²) in [6.45, 7) is -0.390. The maximum atomic E-state index is 9.95. The third-order valence-corrected chi connectivity index (χ3v) is 3.18. The first-order valence-corrected chi connectivity index (χ1v) is 5.69. The fraction of sp³-hybridized carbons (Fsp3) is 0.500. The zero-order valence-corrected chi connectivity index (χ0v) is 10.3. The van der Waals surface area contributed by atoms with Crippen LogP contribution in [0.2, 0.25) is 0 Å². The molecule has 0 aromatic carbocycles. The molecule has 0 amide bonds.